The van der Waals surface area contributed by atoms with Crippen LogP contribution in [-0.2, 0) is 6.42 Å². The Morgan fingerprint density at radius 3 is 2.40 bits per heavy atom. The highest BCUT2D eigenvalue weighted by Gasteiger charge is 2.33. The molecule has 1 aromatic heterocycles. The normalized spacial score (nSPS) is 14.7. The molecule has 0 saturated carbocycles. The van der Waals surface area contributed by atoms with E-state index in [0.29, 0.717) is 46.1 Å². The van der Waals surface area contributed by atoms with Gasteiger partial charge < -0.3 is 28.5 Å². The molecule has 2 heterocycles. The van der Waals surface area contributed by atoms with Gasteiger partial charge in [-0.2, -0.15) is 0 Å². The zero-order valence-electron chi connectivity index (χ0n) is 17.6. The number of phenolic OH excluding ortho intramolecular Hbond substituents is 1. The van der Waals surface area contributed by atoms with Crippen LogP contribution in [0, 0.1) is 0 Å². The number of rotatable bonds is 4. The van der Waals surface area contributed by atoms with Gasteiger partial charge >= 0.3 is 0 Å². The van der Waals surface area contributed by atoms with E-state index in [0.717, 1.165) is 6.42 Å². The Balaban J connectivity index is 1.97. The van der Waals surface area contributed by atoms with E-state index in [1.807, 2.05) is 13.8 Å². The molecule has 3 aromatic rings. The molecule has 0 aliphatic carbocycles. The molecular formula is C23H24O7. The van der Waals surface area contributed by atoms with Crippen molar-refractivity contribution in [3.8, 4) is 39.9 Å². The molecule has 0 radical (unpaired) electrons. The van der Waals surface area contributed by atoms with Crippen molar-refractivity contribution in [2.75, 3.05) is 21.3 Å². The molecule has 0 amide bonds. The van der Waals surface area contributed by atoms with Crippen molar-refractivity contribution in [1.82, 2.24) is 0 Å². The van der Waals surface area contributed by atoms with E-state index < -0.39 is 0 Å². The summed E-state index contributed by atoms with van der Waals surface area (Å²) in [5.41, 5.74) is 0.768. The molecule has 1 aliphatic heterocycles. The van der Waals surface area contributed by atoms with Gasteiger partial charge in [0.05, 0.1) is 26.9 Å². The summed E-state index contributed by atoms with van der Waals surface area (Å²) >= 11 is 0. The van der Waals surface area contributed by atoms with E-state index in [1.54, 1.807) is 18.2 Å². The van der Waals surface area contributed by atoms with Crippen molar-refractivity contribution >= 4 is 11.0 Å². The van der Waals surface area contributed by atoms with Gasteiger partial charge in [-0.1, -0.05) is 0 Å². The first kappa shape index (κ1) is 19.9. The third-order valence-electron chi connectivity index (χ3n) is 5.45. The molecule has 0 fully saturated rings. The highest BCUT2D eigenvalue weighted by molar-refractivity contribution is 5.89. The van der Waals surface area contributed by atoms with E-state index in [9.17, 15) is 9.90 Å². The molecule has 1 N–H and O–H groups in total. The largest absolute Gasteiger partial charge is 0.507 e. The van der Waals surface area contributed by atoms with Crippen molar-refractivity contribution in [2.45, 2.75) is 32.3 Å². The first-order valence-electron chi connectivity index (χ1n) is 9.59. The van der Waals surface area contributed by atoms with Crippen LogP contribution in [0.2, 0.25) is 0 Å². The second-order valence-electron chi connectivity index (χ2n) is 7.83. The van der Waals surface area contributed by atoms with Crippen molar-refractivity contribution in [3.63, 3.8) is 0 Å². The van der Waals surface area contributed by atoms with E-state index in [-0.39, 0.29) is 27.7 Å². The summed E-state index contributed by atoms with van der Waals surface area (Å²) in [6.07, 6.45) is 2.65. The number of methoxy groups -OCH3 is 3. The van der Waals surface area contributed by atoms with Gasteiger partial charge in [0, 0.05) is 23.3 Å². The van der Waals surface area contributed by atoms with Gasteiger partial charge in [-0.3, -0.25) is 4.79 Å². The maximum atomic E-state index is 13.4. The number of ether oxygens (including phenoxy) is 4. The summed E-state index contributed by atoms with van der Waals surface area (Å²) < 4.78 is 27.9. The Labute approximate surface area is 173 Å². The molecule has 0 atom stereocenters. The summed E-state index contributed by atoms with van der Waals surface area (Å²) in [6, 6.07) is 4.84. The van der Waals surface area contributed by atoms with Crippen LogP contribution >= 0.6 is 0 Å². The van der Waals surface area contributed by atoms with Gasteiger partial charge in [0.2, 0.25) is 5.43 Å². The van der Waals surface area contributed by atoms with E-state index in [4.69, 9.17) is 23.4 Å². The molecule has 0 spiro atoms. The van der Waals surface area contributed by atoms with Crippen molar-refractivity contribution in [2.24, 2.45) is 0 Å². The molecule has 7 heteroatoms. The summed E-state index contributed by atoms with van der Waals surface area (Å²) in [4.78, 5) is 13.4. The van der Waals surface area contributed by atoms with Crippen LogP contribution in [0.1, 0.15) is 25.8 Å². The fourth-order valence-electron chi connectivity index (χ4n) is 3.80. The fourth-order valence-corrected chi connectivity index (χ4v) is 3.80. The second-order valence-corrected chi connectivity index (χ2v) is 7.83. The Morgan fingerprint density at radius 2 is 1.73 bits per heavy atom. The maximum absolute atomic E-state index is 13.4. The highest BCUT2D eigenvalue weighted by atomic mass is 16.5. The molecule has 4 rings (SSSR count). The predicted octanol–water partition coefficient (Wildman–Crippen LogP) is 4.30. The molecule has 158 valence electrons. The molecule has 1 aliphatic rings. The quantitative estimate of drug-likeness (QED) is 0.684. The second kappa shape index (κ2) is 7.16. The zero-order chi connectivity index (χ0) is 21.6. The average molecular weight is 412 g/mol. The van der Waals surface area contributed by atoms with Crippen LogP contribution in [0.4, 0.5) is 0 Å². The number of benzene rings is 2. The number of aromatic hydroxyl groups is 1. The van der Waals surface area contributed by atoms with Crippen molar-refractivity contribution in [1.29, 1.82) is 0 Å². The first-order chi connectivity index (χ1) is 14.3. The summed E-state index contributed by atoms with van der Waals surface area (Å²) in [7, 11) is 4.52. The molecule has 7 nitrogen and oxygen atoms in total. The van der Waals surface area contributed by atoms with Crippen LogP contribution in [0.25, 0.3) is 22.1 Å². The average Bonchev–Trinajstić information content (AvgIpc) is 2.73. The number of hydrogen-bond acceptors (Lipinski definition) is 7. The lowest BCUT2D eigenvalue weighted by Crippen LogP contribution is -2.32. The smallest absolute Gasteiger partial charge is 0.204 e. The van der Waals surface area contributed by atoms with Crippen LogP contribution in [0.3, 0.4) is 0 Å². The Kier molecular flexibility index (Phi) is 4.76. The van der Waals surface area contributed by atoms with Crippen LogP contribution in [0.15, 0.2) is 33.7 Å². The van der Waals surface area contributed by atoms with Crippen molar-refractivity contribution in [3.05, 3.63) is 40.2 Å². The molecule has 0 unspecified atom stereocenters. The Bertz CT molecular complexity index is 1190. The van der Waals surface area contributed by atoms with Crippen LogP contribution in [0.5, 0.6) is 28.7 Å². The monoisotopic (exact) mass is 412 g/mol. The Morgan fingerprint density at radius 1 is 1.00 bits per heavy atom. The van der Waals surface area contributed by atoms with Gasteiger partial charge in [-0.05, 0) is 32.8 Å². The lowest BCUT2D eigenvalue weighted by Gasteiger charge is -2.34. The lowest BCUT2D eigenvalue weighted by molar-refractivity contribution is 0.0795. The Hall–Kier alpha value is -3.35. The standard InChI is InChI=1S/C23H24O7/c1-23(2)7-6-13-20(24)14(10-18(28-5)22(13)30-23)15-11-29-17-9-12(26-3)8-16(27-4)19(17)21(15)25/h8-11,24H,6-7H2,1-5H3. The highest BCUT2D eigenvalue weighted by Crippen LogP contribution is 2.48. The number of hydrogen-bond donors (Lipinski definition) is 1. The number of phenols is 1. The predicted molar refractivity (Wildman–Crippen MR) is 112 cm³/mol. The van der Waals surface area contributed by atoms with Gasteiger partial charge in [-0.15, -0.1) is 0 Å². The zero-order valence-corrected chi connectivity index (χ0v) is 17.6. The summed E-state index contributed by atoms with van der Waals surface area (Å²) in [5.74, 6) is 1.78. The number of fused-ring (bicyclic) bond motifs is 2. The SMILES string of the molecule is COc1cc(OC)c2c(=O)c(-c3cc(OC)c4c(c3O)CCC(C)(C)O4)coc2c1. The maximum Gasteiger partial charge on any atom is 0.204 e. The molecule has 0 bridgehead atoms. The van der Waals surface area contributed by atoms with Crippen molar-refractivity contribution < 1.29 is 28.5 Å². The molecule has 2 aromatic carbocycles. The molecule has 0 saturated heterocycles. The third-order valence-corrected chi connectivity index (χ3v) is 5.45. The van der Waals surface area contributed by atoms with Gasteiger partial charge in [-0.25, -0.2) is 0 Å². The van der Waals surface area contributed by atoms with E-state index in [2.05, 4.69) is 0 Å². The van der Waals surface area contributed by atoms with Gasteiger partial charge in [0.25, 0.3) is 0 Å². The molecule has 30 heavy (non-hydrogen) atoms. The minimum absolute atomic E-state index is 0.0135. The first-order valence-corrected chi connectivity index (χ1v) is 9.59. The van der Waals surface area contributed by atoms with Crippen LogP contribution in [-0.4, -0.2) is 32.0 Å². The minimum atomic E-state index is -0.372. The fraction of sp³-hybridized carbons (Fsp3) is 0.348. The minimum Gasteiger partial charge on any atom is -0.507 e. The van der Waals surface area contributed by atoms with E-state index >= 15 is 0 Å². The topological polar surface area (TPSA) is 87.4 Å². The van der Waals surface area contributed by atoms with E-state index in [1.165, 1.54) is 27.6 Å². The third kappa shape index (κ3) is 3.10. The summed E-state index contributed by atoms with van der Waals surface area (Å²) in [5, 5.41) is 11.3. The van der Waals surface area contributed by atoms with Crippen LogP contribution < -0.4 is 24.4 Å². The van der Waals surface area contributed by atoms with Gasteiger partial charge in [0.1, 0.15) is 40.1 Å². The summed E-state index contributed by atoms with van der Waals surface area (Å²) in [6.45, 7) is 3.97. The van der Waals surface area contributed by atoms with Gasteiger partial charge in [0.15, 0.2) is 11.5 Å². The lowest BCUT2D eigenvalue weighted by atomic mass is 9.90. The molecular weight excluding hydrogens is 388 g/mol.